The highest BCUT2D eigenvalue weighted by atomic mass is 14.5. The summed E-state index contributed by atoms with van der Waals surface area (Å²) >= 11 is 0. The second kappa shape index (κ2) is 7.44. The fourth-order valence-electron chi connectivity index (χ4n) is 0.546. The summed E-state index contributed by atoms with van der Waals surface area (Å²) in [6.45, 7) is 4.37. The average Bonchev–Trinajstić information content (AvgIpc) is 1.89. The van der Waals surface area contributed by atoms with Gasteiger partial charge in [0.1, 0.15) is 0 Å². The molecule has 0 aromatic carbocycles. The molecule has 0 amide bonds. The van der Waals surface area contributed by atoms with Crippen molar-refractivity contribution in [2.24, 2.45) is 5.73 Å². The SMILES string of the molecule is C=CCC/C=C/CCN. The highest BCUT2D eigenvalue weighted by molar-refractivity contribution is 4.84. The molecule has 9 heavy (non-hydrogen) atoms. The minimum atomic E-state index is 0.755. The van der Waals surface area contributed by atoms with Crippen LogP contribution in [0.3, 0.4) is 0 Å². The van der Waals surface area contributed by atoms with E-state index >= 15 is 0 Å². The zero-order chi connectivity index (χ0) is 6.95. The first-order valence-electron chi connectivity index (χ1n) is 3.37. The number of allylic oxidation sites excluding steroid dienone is 2. The van der Waals surface area contributed by atoms with Crippen molar-refractivity contribution < 1.29 is 0 Å². The molecule has 0 heterocycles. The zero-order valence-corrected chi connectivity index (χ0v) is 5.84. The lowest BCUT2D eigenvalue weighted by Crippen LogP contribution is -1.94. The molecule has 1 nitrogen and oxygen atoms in total. The maximum Gasteiger partial charge on any atom is -0.00426 e. The molecule has 0 rings (SSSR count). The first-order chi connectivity index (χ1) is 4.41. The fourth-order valence-corrected chi connectivity index (χ4v) is 0.546. The van der Waals surface area contributed by atoms with Gasteiger partial charge in [-0.05, 0) is 25.8 Å². The molecule has 0 radical (unpaired) electrons. The summed E-state index contributed by atoms with van der Waals surface area (Å²) in [7, 11) is 0. The second-order valence-corrected chi connectivity index (χ2v) is 1.91. The predicted octanol–water partition coefficient (Wildman–Crippen LogP) is 1.86. The summed E-state index contributed by atoms with van der Waals surface area (Å²) in [6, 6.07) is 0. The molecule has 0 fully saturated rings. The van der Waals surface area contributed by atoms with E-state index in [0.717, 1.165) is 25.8 Å². The Morgan fingerprint density at radius 3 is 2.33 bits per heavy atom. The molecule has 0 spiro atoms. The fraction of sp³-hybridized carbons (Fsp3) is 0.500. The number of nitrogens with two attached hydrogens (primary N) is 1. The molecular weight excluding hydrogens is 110 g/mol. The molecule has 0 aromatic heterocycles. The molecule has 0 aliphatic carbocycles. The van der Waals surface area contributed by atoms with Gasteiger partial charge in [0.05, 0.1) is 0 Å². The first-order valence-corrected chi connectivity index (χ1v) is 3.37. The largest absolute Gasteiger partial charge is 0.330 e. The van der Waals surface area contributed by atoms with E-state index in [-0.39, 0.29) is 0 Å². The molecule has 0 bridgehead atoms. The Labute approximate surface area is 57.3 Å². The molecule has 0 aliphatic rings. The smallest absolute Gasteiger partial charge is 0.00426 e. The lowest BCUT2D eigenvalue weighted by molar-refractivity contribution is 0.983. The van der Waals surface area contributed by atoms with Gasteiger partial charge in [-0.1, -0.05) is 18.2 Å². The molecule has 0 aromatic rings. The van der Waals surface area contributed by atoms with E-state index in [0.29, 0.717) is 0 Å². The third kappa shape index (κ3) is 7.44. The molecule has 0 saturated heterocycles. The molecule has 1 heteroatoms. The standard InChI is InChI=1S/C8H15N/c1-2-3-4-5-6-7-8-9/h2,5-6H,1,3-4,7-9H2/b6-5+. The highest BCUT2D eigenvalue weighted by Gasteiger charge is 1.73. The van der Waals surface area contributed by atoms with E-state index in [1.165, 1.54) is 0 Å². The Morgan fingerprint density at radius 1 is 1.11 bits per heavy atom. The van der Waals surface area contributed by atoms with Crippen LogP contribution in [-0.4, -0.2) is 6.54 Å². The van der Waals surface area contributed by atoms with Crippen molar-refractivity contribution in [3.63, 3.8) is 0 Å². The second-order valence-electron chi connectivity index (χ2n) is 1.91. The molecular formula is C8H15N. The molecule has 0 aliphatic heterocycles. The molecule has 0 unspecified atom stereocenters. The van der Waals surface area contributed by atoms with E-state index in [2.05, 4.69) is 18.7 Å². The number of rotatable bonds is 5. The van der Waals surface area contributed by atoms with Crippen LogP contribution in [0.25, 0.3) is 0 Å². The molecule has 0 atom stereocenters. The van der Waals surface area contributed by atoms with E-state index in [1.807, 2.05) is 6.08 Å². The van der Waals surface area contributed by atoms with Crippen LogP contribution in [-0.2, 0) is 0 Å². The minimum absolute atomic E-state index is 0.755. The average molecular weight is 125 g/mol. The lowest BCUT2D eigenvalue weighted by atomic mass is 10.2. The number of unbranched alkanes of at least 4 members (excludes halogenated alkanes) is 1. The van der Waals surface area contributed by atoms with Gasteiger partial charge in [-0.2, -0.15) is 0 Å². The van der Waals surface area contributed by atoms with Crippen LogP contribution in [0.1, 0.15) is 19.3 Å². The summed E-state index contributed by atoms with van der Waals surface area (Å²) in [6.07, 6.45) is 9.35. The topological polar surface area (TPSA) is 26.0 Å². The Hall–Kier alpha value is -0.560. The summed E-state index contributed by atoms with van der Waals surface area (Å²) in [5, 5.41) is 0. The van der Waals surface area contributed by atoms with Crippen LogP contribution in [0, 0.1) is 0 Å². The van der Waals surface area contributed by atoms with Crippen molar-refractivity contribution in [3.8, 4) is 0 Å². The monoisotopic (exact) mass is 125 g/mol. The lowest BCUT2D eigenvalue weighted by Gasteiger charge is -1.84. The maximum absolute atomic E-state index is 5.27. The Bertz CT molecular complexity index is 84.6. The van der Waals surface area contributed by atoms with Crippen molar-refractivity contribution in [2.75, 3.05) is 6.54 Å². The number of hydrogen-bond donors (Lipinski definition) is 1. The van der Waals surface area contributed by atoms with Gasteiger partial charge in [-0.25, -0.2) is 0 Å². The van der Waals surface area contributed by atoms with E-state index in [9.17, 15) is 0 Å². The van der Waals surface area contributed by atoms with Crippen LogP contribution in [0.4, 0.5) is 0 Å². The maximum atomic E-state index is 5.27. The van der Waals surface area contributed by atoms with Crippen molar-refractivity contribution in [2.45, 2.75) is 19.3 Å². The van der Waals surface area contributed by atoms with Crippen molar-refractivity contribution in [1.29, 1.82) is 0 Å². The normalized spacial score (nSPS) is 10.3. The quantitative estimate of drug-likeness (QED) is 0.440. The van der Waals surface area contributed by atoms with E-state index < -0.39 is 0 Å². The third-order valence-electron chi connectivity index (χ3n) is 1.04. The van der Waals surface area contributed by atoms with Crippen LogP contribution in [0.2, 0.25) is 0 Å². The summed E-state index contributed by atoms with van der Waals surface area (Å²) < 4.78 is 0. The third-order valence-corrected chi connectivity index (χ3v) is 1.04. The van der Waals surface area contributed by atoms with Gasteiger partial charge in [0.25, 0.3) is 0 Å². The Balaban J connectivity index is 2.94. The number of hydrogen-bond acceptors (Lipinski definition) is 1. The van der Waals surface area contributed by atoms with Crippen molar-refractivity contribution >= 4 is 0 Å². The van der Waals surface area contributed by atoms with E-state index in [4.69, 9.17) is 5.73 Å². The highest BCUT2D eigenvalue weighted by Crippen LogP contribution is 1.91. The van der Waals surface area contributed by atoms with Crippen LogP contribution in [0.5, 0.6) is 0 Å². The van der Waals surface area contributed by atoms with Gasteiger partial charge < -0.3 is 5.73 Å². The Morgan fingerprint density at radius 2 is 1.78 bits per heavy atom. The van der Waals surface area contributed by atoms with Gasteiger partial charge in [0.15, 0.2) is 0 Å². The van der Waals surface area contributed by atoms with Gasteiger partial charge in [-0.3, -0.25) is 0 Å². The molecule has 2 N–H and O–H groups in total. The van der Waals surface area contributed by atoms with Crippen LogP contribution >= 0.6 is 0 Å². The molecule has 52 valence electrons. The van der Waals surface area contributed by atoms with Crippen LogP contribution < -0.4 is 5.73 Å². The zero-order valence-electron chi connectivity index (χ0n) is 5.84. The van der Waals surface area contributed by atoms with Gasteiger partial charge >= 0.3 is 0 Å². The van der Waals surface area contributed by atoms with Gasteiger partial charge in [0.2, 0.25) is 0 Å². The summed E-state index contributed by atoms with van der Waals surface area (Å²) in [5.41, 5.74) is 5.27. The van der Waals surface area contributed by atoms with Gasteiger partial charge in [-0.15, -0.1) is 6.58 Å². The molecule has 0 saturated carbocycles. The van der Waals surface area contributed by atoms with E-state index in [1.54, 1.807) is 0 Å². The Kier molecular flexibility index (Phi) is 6.98. The summed E-state index contributed by atoms with van der Waals surface area (Å²) in [5.74, 6) is 0. The van der Waals surface area contributed by atoms with Crippen molar-refractivity contribution in [3.05, 3.63) is 24.8 Å². The van der Waals surface area contributed by atoms with Gasteiger partial charge in [0, 0.05) is 0 Å². The van der Waals surface area contributed by atoms with Crippen molar-refractivity contribution in [1.82, 2.24) is 0 Å². The summed E-state index contributed by atoms with van der Waals surface area (Å²) in [4.78, 5) is 0. The predicted molar refractivity (Wildman–Crippen MR) is 42.2 cm³/mol. The first kappa shape index (κ1) is 8.44. The van der Waals surface area contributed by atoms with Crippen LogP contribution in [0.15, 0.2) is 24.8 Å². The minimum Gasteiger partial charge on any atom is -0.330 e.